The number of rotatable bonds is 5. The summed E-state index contributed by atoms with van der Waals surface area (Å²) < 4.78 is 15.3. The van der Waals surface area contributed by atoms with Crippen molar-refractivity contribution in [2.45, 2.75) is 13.8 Å². The molecule has 0 unspecified atom stereocenters. The molecule has 0 fully saturated rings. The molecule has 2 aromatic carbocycles. The Balaban J connectivity index is 1.82. The molecule has 2 heterocycles. The van der Waals surface area contributed by atoms with E-state index in [0.29, 0.717) is 28.8 Å². The highest BCUT2D eigenvalue weighted by Gasteiger charge is 2.16. The Kier molecular flexibility index (Phi) is 4.93. The van der Waals surface area contributed by atoms with E-state index in [4.69, 9.17) is 0 Å². The van der Waals surface area contributed by atoms with Gasteiger partial charge in [-0.05, 0) is 56.3 Å². The molecule has 0 bridgehead atoms. The topological polar surface area (TPSA) is 98.8 Å². The highest BCUT2D eigenvalue weighted by molar-refractivity contribution is 5.67. The zero-order chi connectivity index (χ0) is 21.3. The maximum atomic E-state index is 13.5. The number of nitro benzene ring substituents is 1. The van der Waals surface area contributed by atoms with Crippen LogP contribution >= 0.6 is 0 Å². The molecule has 0 saturated carbocycles. The van der Waals surface area contributed by atoms with Gasteiger partial charge in [0, 0.05) is 34.8 Å². The number of nitrogens with one attached hydrogen (secondary N) is 1. The molecule has 0 radical (unpaired) electrons. The minimum absolute atomic E-state index is 0.00594. The second-order valence-electron chi connectivity index (χ2n) is 6.68. The summed E-state index contributed by atoms with van der Waals surface area (Å²) in [5.74, 6) is 0.458. The van der Waals surface area contributed by atoms with Crippen LogP contribution < -0.4 is 5.32 Å². The number of hydrogen-bond acceptors (Lipinski definition) is 6. The lowest BCUT2D eigenvalue weighted by Crippen LogP contribution is -2.07. The van der Waals surface area contributed by atoms with Crippen molar-refractivity contribution in [2.75, 3.05) is 5.32 Å². The fraction of sp³-hybridized carbons (Fsp3) is 0.0952. The van der Waals surface area contributed by atoms with Gasteiger partial charge >= 0.3 is 0 Å². The number of nitrogens with zero attached hydrogens (tertiary/aromatic N) is 5. The van der Waals surface area contributed by atoms with Crippen LogP contribution in [-0.2, 0) is 0 Å². The van der Waals surface area contributed by atoms with E-state index in [1.807, 2.05) is 19.9 Å². The van der Waals surface area contributed by atoms with Gasteiger partial charge in [0.15, 0.2) is 0 Å². The van der Waals surface area contributed by atoms with Crippen LogP contribution in [0.3, 0.4) is 0 Å². The number of anilines is 2. The third kappa shape index (κ3) is 3.86. The molecule has 0 aliphatic carbocycles. The molecule has 0 saturated heterocycles. The Morgan fingerprint density at radius 3 is 2.23 bits per heavy atom. The van der Waals surface area contributed by atoms with Crippen molar-refractivity contribution < 1.29 is 9.31 Å². The highest BCUT2D eigenvalue weighted by Crippen LogP contribution is 2.30. The van der Waals surface area contributed by atoms with Gasteiger partial charge < -0.3 is 0 Å². The van der Waals surface area contributed by atoms with Gasteiger partial charge in [0.25, 0.3) is 5.69 Å². The Morgan fingerprint density at radius 2 is 1.63 bits per heavy atom. The second-order valence-corrected chi connectivity index (χ2v) is 6.68. The standard InChI is InChI=1S/C21H17FN6O2/c1-13-11-14(2)25-20(24-13)26-21-23-12-19(15-3-7-18(8-4-15)28(29)30)27(21)17-9-5-16(22)6-10-17/h3-12H,1-2H3,(H,23,24,25,26). The Morgan fingerprint density at radius 1 is 1.00 bits per heavy atom. The average Bonchev–Trinajstić information content (AvgIpc) is 3.11. The van der Waals surface area contributed by atoms with Crippen molar-refractivity contribution in [3.63, 3.8) is 0 Å². The smallest absolute Gasteiger partial charge is 0.269 e. The van der Waals surface area contributed by atoms with Crippen molar-refractivity contribution in [3.05, 3.63) is 88.1 Å². The first-order valence-electron chi connectivity index (χ1n) is 9.08. The van der Waals surface area contributed by atoms with Crippen molar-refractivity contribution in [3.8, 4) is 16.9 Å². The molecule has 0 spiro atoms. The van der Waals surface area contributed by atoms with Gasteiger partial charge in [0.2, 0.25) is 11.9 Å². The van der Waals surface area contributed by atoms with Gasteiger partial charge in [-0.2, -0.15) is 0 Å². The quantitative estimate of drug-likeness (QED) is 0.381. The number of benzene rings is 2. The van der Waals surface area contributed by atoms with Crippen LogP contribution in [0.1, 0.15) is 11.4 Å². The highest BCUT2D eigenvalue weighted by atomic mass is 19.1. The molecule has 8 nitrogen and oxygen atoms in total. The summed E-state index contributed by atoms with van der Waals surface area (Å²) in [4.78, 5) is 23.7. The van der Waals surface area contributed by atoms with E-state index in [1.54, 1.807) is 35.0 Å². The molecule has 0 atom stereocenters. The second kappa shape index (κ2) is 7.70. The number of nitro groups is 1. The number of aromatic nitrogens is 4. The number of imidazole rings is 1. The number of halogens is 1. The summed E-state index contributed by atoms with van der Waals surface area (Å²) in [5, 5.41) is 14.1. The van der Waals surface area contributed by atoms with E-state index in [-0.39, 0.29) is 11.5 Å². The fourth-order valence-electron chi connectivity index (χ4n) is 3.13. The summed E-state index contributed by atoms with van der Waals surface area (Å²) in [5.41, 5.74) is 3.65. The first-order valence-corrected chi connectivity index (χ1v) is 9.08. The van der Waals surface area contributed by atoms with Gasteiger partial charge in [0.05, 0.1) is 16.8 Å². The van der Waals surface area contributed by atoms with Crippen LogP contribution in [0.2, 0.25) is 0 Å². The SMILES string of the molecule is Cc1cc(C)nc(Nc2ncc(-c3ccc([N+](=O)[O-])cc3)n2-c2ccc(F)cc2)n1. The van der Waals surface area contributed by atoms with Crippen LogP contribution in [0.15, 0.2) is 60.8 Å². The zero-order valence-corrected chi connectivity index (χ0v) is 16.2. The maximum absolute atomic E-state index is 13.5. The first kappa shape index (κ1) is 19.2. The lowest BCUT2D eigenvalue weighted by molar-refractivity contribution is -0.384. The molecule has 30 heavy (non-hydrogen) atoms. The normalized spacial score (nSPS) is 10.8. The largest absolute Gasteiger partial charge is 0.294 e. The van der Waals surface area contributed by atoms with E-state index in [0.717, 1.165) is 11.4 Å². The first-order chi connectivity index (χ1) is 14.4. The summed E-state index contributed by atoms with van der Waals surface area (Å²) in [6.07, 6.45) is 1.63. The third-order valence-electron chi connectivity index (χ3n) is 4.43. The molecule has 150 valence electrons. The Labute approximate surface area is 171 Å². The van der Waals surface area contributed by atoms with Crippen LogP contribution in [0.4, 0.5) is 22.0 Å². The van der Waals surface area contributed by atoms with E-state index < -0.39 is 4.92 Å². The van der Waals surface area contributed by atoms with E-state index in [9.17, 15) is 14.5 Å². The number of non-ortho nitro benzene ring substituents is 1. The van der Waals surface area contributed by atoms with Crippen LogP contribution in [0.25, 0.3) is 16.9 Å². The van der Waals surface area contributed by atoms with Gasteiger partial charge in [-0.3, -0.25) is 20.0 Å². The molecule has 4 rings (SSSR count). The Bertz CT molecular complexity index is 1200. The molecular weight excluding hydrogens is 387 g/mol. The predicted molar refractivity (Wildman–Crippen MR) is 110 cm³/mol. The molecule has 0 aliphatic heterocycles. The summed E-state index contributed by atoms with van der Waals surface area (Å²) >= 11 is 0. The molecule has 4 aromatic rings. The molecular formula is C21H17FN6O2. The zero-order valence-electron chi connectivity index (χ0n) is 16.2. The van der Waals surface area contributed by atoms with Crippen LogP contribution in [0, 0.1) is 29.8 Å². The van der Waals surface area contributed by atoms with E-state index in [1.165, 1.54) is 24.3 Å². The van der Waals surface area contributed by atoms with Crippen molar-refractivity contribution in [2.24, 2.45) is 0 Å². The van der Waals surface area contributed by atoms with Gasteiger partial charge in [0.1, 0.15) is 5.82 Å². The van der Waals surface area contributed by atoms with Crippen LogP contribution in [-0.4, -0.2) is 24.4 Å². The van der Waals surface area contributed by atoms with Gasteiger partial charge in [-0.1, -0.05) is 0 Å². The lowest BCUT2D eigenvalue weighted by atomic mass is 10.1. The van der Waals surface area contributed by atoms with Crippen molar-refractivity contribution in [1.29, 1.82) is 0 Å². The maximum Gasteiger partial charge on any atom is 0.269 e. The van der Waals surface area contributed by atoms with E-state index >= 15 is 0 Å². The summed E-state index contributed by atoms with van der Waals surface area (Å²) in [6.45, 7) is 3.74. The molecule has 0 amide bonds. The summed E-state index contributed by atoms with van der Waals surface area (Å²) in [7, 11) is 0. The van der Waals surface area contributed by atoms with Crippen LogP contribution in [0.5, 0.6) is 0 Å². The fourth-order valence-corrected chi connectivity index (χ4v) is 3.13. The molecule has 9 heteroatoms. The lowest BCUT2D eigenvalue weighted by Gasteiger charge is -2.13. The predicted octanol–water partition coefficient (Wildman–Crippen LogP) is 4.74. The summed E-state index contributed by atoms with van der Waals surface area (Å²) in [6, 6.07) is 14.0. The number of hydrogen-bond donors (Lipinski definition) is 1. The molecule has 0 aliphatic rings. The van der Waals surface area contributed by atoms with E-state index in [2.05, 4.69) is 20.3 Å². The number of aryl methyl sites for hydroxylation is 2. The average molecular weight is 404 g/mol. The molecule has 2 aromatic heterocycles. The third-order valence-corrected chi connectivity index (χ3v) is 4.43. The Hall–Kier alpha value is -4.14. The minimum Gasteiger partial charge on any atom is -0.294 e. The van der Waals surface area contributed by atoms with Crippen molar-refractivity contribution >= 4 is 17.6 Å². The van der Waals surface area contributed by atoms with Gasteiger partial charge in [-0.25, -0.2) is 19.3 Å². The molecule has 1 N–H and O–H groups in total. The monoisotopic (exact) mass is 404 g/mol. The van der Waals surface area contributed by atoms with Crippen molar-refractivity contribution in [1.82, 2.24) is 19.5 Å². The minimum atomic E-state index is -0.453. The van der Waals surface area contributed by atoms with Gasteiger partial charge in [-0.15, -0.1) is 0 Å².